The molecule has 0 atom stereocenters. The van der Waals surface area contributed by atoms with Crippen LogP contribution in [0.3, 0.4) is 0 Å². The number of ether oxygens (including phenoxy) is 4. The summed E-state index contributed by atoms with van der Waals surface area (Å²) < 4.78 is 22.5. The highest BCUT2D eigenvalue weighted by Gasteiger charge is 2.24. The molecule has 0 N–H and O–H groups in total. The van der Waals surface area contributed by atoms with Crippen molar-refractivity contribution in [1.82, 2.24) is 0 Å². The van der Waals surface area contributed by atoms with Crippen LogP contribution in [0.5, 0.6) is 17.2 Å². The molecule has 0 unspecified atom stereocenters. The van der Waals surface area contributed by atoms with Crippen LogP contribution in [0.25, 0.3) is 10.8 Å². The molecular formula is C21H18INO5. The van der Waals surface area contributed by atoms with E-state index in [1.54, 1.807) is 31.3 Å². The first-order valence-electron chi connectivity index (χ1n) is 8.59. The minimum Gasteiger partial charge on any atom is -0.496 e. The lowest BCUT2D eigenvalue weighted by Gasteiger charge is -2.24. The molecule has 0 fully saturated rings. The van der Waals surface area contributed by atoms with Crippen molar-refractivity contribution in [3.05, 3.63) is 57.7 Å². The summed E-state index contributed by atoms with van der Waals surface area (Å²) in [5.41, 5.74) is 1.29. The molecule has 3 aromatic carbocycles. The van der Waals surface area contributed by atoms with Gasteiger partial charge >= 0.3 is 0 Å². The van der Waals surface area contributed by atoms with E-state index in [-0.39, 0.29) is 19.4 Å². The van der Waals surface area contributed by atoms with Gasteiger partial charge in [0, 0.05) is 12.5 Å². The number of rotatable bonds is 5. The second-order valence-electron chi connectivity index (χ2n) is 6.18. The third-order valence-corrected chi connectivity index (χ3v) is 5.67. The maximum Gasteiger partial charge on any atom is 0.261 e. The summed E-state index contributed by atoms with van der Waals surface area (Å²) in [6, 6.07) is 15.0. The van der Waals surface area contributed by atoms with Gasteiger partial charge in [0.25, 0.3) is 5.91 Å². The van der Waals surface area contributed by atoms with Gasteiger partial charge in [0.15, 0.2) is 11.5 Å². The molecule has 28 heavy (non-hydrogen) atoms. The average molecular weight is 491 g/mol. The van der Waals surface area contributed by atoms with Gasteiger partial charge in [-0.1, -0.05) is 18.2 Å². The highest BCUT2D eigenvalue weighted by molar-refractivity contribution is 14.1. The third-order valence-electron chi connectivity index (χ3n) is 4.56. The van der Waals surface area contributed by atoms with Gasteiger partial charge < -0.3 is 18.9 Å². The number of hydrogen-bond acceptors (Lipinski definition) is 5. The summed E-state index contributed by atoms with van der Waals surface area (Å²) in [6.07, 6.45) is 0. The number of carbonyl (C=O) groups is 1. The Bertz CT molecular complexity index is 1050. The molecule has 4 rings (SSSR count). The minimum absolute atomic E-state index is 0.111. The van der Waals surface area contributed by atoms with Gasteiger partial charge in [-0.3, -0.25) is 9.69 Å². The van der Waals surface area contributed by atoms with Gasteiger partial charge in [-0.05, 0) is 58.3 Å². The molecule has 1 aliphatic rings. The fraction of sp³-hybridized carbons (Fsp3) is 0.190. The predicted octanol–water partition coefficient (Wildman–Crippen LogP) is 4.43. The number of halogens is 1. The van der Waals surface area contributed by atoms with Crippen LogP contribution in [-0.4, -0.2) is 33.7 Å². The molecule has 0 saturated carbocycles. The van der Waals surface area contributed by atoms with Crippen LogP contribution in [0.2, 0.25) is 0 Å². The summed E-state index contributed by atoms with van der Waals surface area (Å²) in [7, 11) is 3.16. The van der Waals surface area contributed by atoms with Crippen LogP contribution >= 0.6 is 22.6 Å². The number of anilines is 1. The van der Waals surface area contributed by atoms with Gasteiger partial charge in [0.2, 0.25) is 6.79 Å². The van der Waals surface area contributed by atoms with Crippen molar-refractivity contribution in [2.45, 2.75) is 0 Å². The smallest absolute Gasteiger partial charge is 0.261 e. The van der Waals surface area contributed by atoms with E-state index < -0.39 is 0 Å². The van der Waals surface area contributed by atoms with E-state index in [0.29, 0.717) is 22.8 Å². The summed E-state index contributed by atoms with van der Waals surface area (Å²) in [4.78, 5) is 15.0. The molecule has 7 heteroatoms. The Balaban J connectivity index is 1.84. The van der Waals surface area contributed by atoms with Crippen molar-refractivity contribution >= 4 is 45.0 Å². The van der Waals surface area contributed by atoms with Crippen molar-refractivity contribution < 1.29 is 23.7 Å². The standard InChI is InChI=1S/C21H18INO5/c1-25-11-23(21(24)14-6-4-8-17(26-2)20(14)22)16-7-3-5-13-9-18-19(10-15(13)16)28-12-27-18/h3-10H,11-12H2,1-2H3. The van der Waals surface area contributed by atoms with E-state index in [1.807, 2.05) is 36.4 Å². The largest absolute Gasteiger partial charge is 0.496 e. The first-order valence-corrected chi connectivity index (χ1v) is 9.67. The van der Waals surface area contributed by atoms with Gasteiger partial charge in [-0.2, -0.15) is 0 Å². The van der Waals surface area contributed by atoms with E-state index in [2.05, 4.69) is 22.6 Å². The SMILES string of the molecule is COCN(C(=O)c1cccc(OC)c1I)c1cccc2cc3c(cc12)OCO3. The van der Waals surface area contributed by atoms with Crippen molar-refractivity contribution in [2.75, 3.05) is 32.6 Å². The zero-order valence-corrected chi connectivity index (χ0v) is 17.6. The van der Waals surface area contributed by atoms with Gasteiger partial charge in [-0.15, -0.1) is 0 Å². The Morgan fingerprint density at radius 1 is 1.11 bits per heavy atom. The van der Waals surface area contributed by atoms with E-state index in [1.165, 1.54) is 0 Å². The van der Waals surface area contributed by atoms with Crippen molar-refractivity contribution in [2.24, 2.45) is 0 Å². The van der Waals surface area contributed by atoms with Gasteiger partial charge in [0.05, 0.1) is 21.9 Å². The molecule has 3 aromatic rings. The normalized spacial score (nSPS) is 12.2. The van der Waals surface area contributed by atoms with E-state index in [4.69, 9.17) is 18.9 Å². The molecule has 0 bridgehead atoms. The maximum absolute atomic E-state index is 13.4. The molecule has 1 heterocycles. The molecule has 0 saturated heterocycles. The predicted molar refractivity (Wildman–Crippen MR) is 114 cm³/mol. The van der Waals surface area contributed by atoms with Gasteiger partial charge in [0.1, 0.15) is 12.5 Å². The summed E-state index contributed by atoms with van der Waals surface area (Å²) in [5, 5.41) is 1.84. The number of fused-ring (bicyclic) bond motifs is 2. The lowest BCUT2D eigenvalue weighted by molar-refractivity contribution is 0.0935. The second-order valence-corrected chi connectivity index (χ2v) is 7.26. The van der Waals surface area contributed by atoms with Crippen molar-refractivity contribution in [3.63, 3.8) is 0 Å². The van der Waals surface area contributed by atoms with E-state index in [0.717, 1.165) is 20.0 Å². The molecule has 0 aliphatic carbocycles. The number of carbonyl (C=O) groups excluding carboxylic acids is 1. The number of nitrogens with zero attached hydrogens (tertiary/aromatic N) is 1. The van der Waals surface area contributed by atoms with E-state index in [9.17, 15) is 4.79 Å². The molecular weight excluding hydrogens is 473 g/mol. The Hall–Kier alpha value is -2.52. The maximum atomic E-state index is 13.4. The molecule has 1 amide bonds. The molecule has 0 radical (unpaired) electrons. The first kappa shape index (κ1) is 18.8. The minimum atomic E-state index is -0.171. The fourth-order valence-corrected chi connectivity index (χ4v) is 4.04. The Morgan fingerprint density at radius 2 is 1.86 bits per heavy atom. The van der Waals surface area contributed by atoms with Crippen molar-refractivity contribution in [1.29, 1.82) is 0 Å². The van der Waals surface area contributed by atoms with Crippen LogP contribution < -0.4 is 19.1 Å². The average Bonchev–Trinajstić information content (AvgIpc) is 3.17. The molecule has 6 nitrogen and oxygen atoms in total. The highest BCUT2D eigenvalue weighted by atomic mass is 127. The zero-order valence-electron chi connectivity index (χ0n) is 15.4. The zero-order chi connectivity index (χ0) is 19.7. The third kappa shape index (κ3) is 3.24. The fourth-order valence-electron chi connectivity index (χ4n) is 3.23. The Labute approximate surface area is 176 Å². The summed E-state index contributed by atoms with van der Waals surface area (Å²) >= 11 is 2.13. The number of benzene rings is 3. The topological polar surface area (TPSA) is 57.2 Å². The second kappa shape index (κ2) is 7.84. The summed E-state index contributed by atoms with van der Waals surface area (Å²) in [6.45, 7) is 0.309. The summed E-state index contributed by atoms with van der Waals surface area (Å²) in [5.74, 6) is 1.86. The van der Waals surface area contributed by atoms with Gasteiger partial charge in [-0.25, -0.2) is 0 Å². The monoisotopic (exact) mass is 491 g/mol. The molecule has 0 aromatic heterocycles. The van der Waals surface area contributed by atoms with E-state index >= 15 is 0 Å². The molecule has 1 aliphatic heterocycles. The molecule has 0 spiro atoms. The number of amides is 1. The lowest BCUT2D eigenvalue weighted by Crippen LogP contribution is -2.33. The highest BCUT2D eigenvalue weighted by Crippen LogP contribution is 2.40. The number of methoxy groups -OCH3 is 2. The van der Waals surface area contributed by atoms with Crippen LogP contribution in [-0.2, 0) is 4.74 Å². The Kier molecular flexibility index (Phi) is 5.27. The first-order chi connectivity index (χ1) is 13.6. The number of hydrogen-bond donors (Lipinski definition) is 0. The molecule has 144 valence electrons. The van der Waals surface area contributed by atoms with Crippen LogP contribution in [0.4, 0.5) is 5.69 Å². The quantitative estimate of drug-likeness (QED) is 0.391. The van der Waals surface area contributed by atoms with Crippen LogP contribution in [0.15, 0.2) is 48.5 Å². The van der Waals surface area contributed by atoms with Crippen molar-refractivity contribution in [3.8, 4) is 17.2 Å². The van der Waals surface area contributed by atoms with Crippen LogP contribution in [0, 0.1) is 3.57 Å². The van der Waals surface area contributed by atoms with Crippen LogP contribution in [0.1, 0.15) is 10.4 Å². The lowest BCUT2D eigenvalue weighted by atomic mass is 10.1. The Morgan fingerprint density at radius 3 is 2.61 bits per heavy atom.